The lowest BCUT2D eigenvalue weighted by molar-refractivity contribution is -0.161. The van der Waals surface area contributed by atoms with Gasteiger partial charge in [0.2, 0.25) is 0 Å². The van der Waals surface area contributed by atoms with E-state index in [1.165, 1.54) is 6.92 Å². The van der Waals surface area contributed by atoms with Gasteiger partial charge in [0.1, 0.15) is 0 Å². The second kappa shape index (κ2) is 4.76. The van der Waals surface area contributed by atoms with Crippen LogP contribution in [-0.2, 0) is 9.59 Å². The van der Waals surface area contributed by atoms with Gasteiger partial charge < -0.3 is 10.0 Å². The Kier molecular flexibility index (Phi) is 3.83. The summed E-state index contributed by atoms with van der Waals surface area (Å²) in [5, 5.41) is 8.77. The van der Waals surface area contributed by atoms with E-state index in [1.54, 1.807) is 0 Å². The number of hydrogen-bond acceptors (Lipinski definition) is 2. The first-order chi connectivity index (χ1) is 7.38. The van der Waals surface area contributed by atoms with Crippen molar-refractivity contribution in [3.05, 3.63) is 0 Å². The molecule has 0 spiro atoms. The quantitative estimate of drug-likeness (QED) is 0.803. The number of halogens is 2. The molecule has 6 heteroatoms. The zero-order valence-electron chi connectivity index (χ0n) is 9.08. The summed E-state index contributed by atoms with van der Waals surface area (Å²) in [5.41, 5.74) is 0. The van der Waals surface area contributed by atoms with Crippen LogP contribution in [0.2, 0.25) is 0 Å². The standard InChI is InChI=1S/C10H15F2NO3/c1-2-10(11,12)9(16)13-5-3-4-7(6-13)8(14)15/h7H,2-6H2,1H3,(H,14,15). The molecule has 0 aromatic rings. The highest BCUT2D eigenvalue weighted by atomic mass is 19.3. The second-order valence-corrected chi connectivity index (χ2v) is 3.99. The monoisotopic (exact) mass is 235 g/mol. The summed E-state index contributed by atoms with van der Waals surface area (Å²) in [4.78, 5) is 23.1. The van der Waals surface area contributed by atoms with E-state index in [9.17, 15) is 18.4 Å². The highest BCUT2D eigenvalue weighted by Crippen LogP contribution is 2.25. The maximum absolute atomic E-state index is 13.1. The molecule has 16 heavy (non-hydrogen) atoms. The number of alkyl halides is 2. The minimum absolute atomic E-state index is 0.107. The molecule has 1 atom stereocenters. The van der Waals surface area contributed by atoms with E-state index in [1.807, 2.05) is 0 Å². The average Bonchev–Trinajstić information content (AvgIpc) is 2.28. The molecule has 1 N–H and O–H groups in total. The van der Waals surface area contributed by atoms with E-state index in [0.29, 0.717) is 12.8 Å². The van der Waals surface area contributed by atoms with Crippen LogP contribution in [0.15, 0.2) is 0 Å². The number of carboxylic acid groups (broad SMARTS) is 1. The van der Waals surface area contributed by atoms with Crippen LogP contribution in [0.3, 0.4) is 0 Å². The number of carbonyl (C=O) groups is 2. The minimum Gasteiger partial charge on any atom is -0.481 e. The molecule has 1 rings (SSSR count). The van der Waals surface area contributed by atoms with Crippen molar-refractivity contribution < 1.29 is 23.5 Å². The van der Waals surface area contributed by atoms with Crippen LogP contribution in [0.1, 0.15) is 26.2 Å². The third kappa shape index (κ3) is 2.68. The molecule has 0 aliphatic carbocycles. The lowest BCUT2D eigenvalue weighted by Crippen LogP contribution is -2.49. The molecule has 1 saturated heterocycles. The van der Waals surface area contributed by atoms with E-state index in [-0.39, 0.29) is 13.1 Å². The summed E-state index contributed by atoms with van der Waals surface area (Å²) in [6, 6.07) is 0. The molecule has 0 aromatic carbocycles. The third-order valence-electron chi connectivity index (χ3n) is 2.81. The predicted octanol–water partition coefficient (Wildman–Crippen LogP) is 1.35. The van der Waals surface area contributed by atoms with Gasteiger partial charge in [-0.2, -0.15) is 8.78 Å². The maximum atomic E-state index is 13.1. The largest absolute Gasteiger partial charge is 0.481 e. The van der Waals surface area contributed by atoms with Crippen LogP contribution in [0.5, 0.6) is 0 Å². The molecule has 0 aromatic heterocycles. The minimum atomic E-state index is -3.37. The van der Waals surface area contributed by atoms with Gasteiger partial charge in [0.15, 0.2) is 0 Å². The highest BCUT2D eigenvalue weighted by Gasteiger charge is 2.42. The van der Waals surface area contributed by atoms with Crippen LogP contribution in [-0.4, -0.2) is 40.9 Å². The van der Waals surface area contributed by atoms with Gasteiger partial charge in [-0.05, 0) is 12.8 Å². The lowest BCUT2D eigenvalue weighted by atomic mass is 9.97. The van der Waals surface area contributed by atoms with Crippen LogP contribution < -0.4 is 0 Å². The zero-order chi connectivity index (χ0) is 12.3. The Morgan fingerprint density at radius 3 is 2.62 bits per heavy atom. The van der Waals surface area contributed by atoms with Crippen molar-refractivity contribution in [3.63, 3.8) is 0 Å². The first kappa shape index (κ1) is 12.9. The van der Waals surface area contributed by atoms with Crippen molar-refractivity contribution in [1.82, 2.24) is 4.90 Å². The van der Waals surface area contributed by atoms with Gasteiger partial charge in [0.05, 0.1) is 5.92 Å². The molecule has 1 fully saturated rings. The Hall–Kier alpha value is -1.20. The SMILES string of the molecule is CCC(F)(F)C(=O)N1CCCC(C(=O)O)C1. The number of amides is 1. The predicted molar refractivity (Wildman–Crippen MR) is 52.2 cm³/mol. The summed E-state index contributed by atoms with van der Waals surface area (Å²) in [5.74, 6) is -6.37. The smallest absolute Gasteiger partial charge is 0.324 e. The molecule has 0 radical (unpaired) electrons. The Balaban J connectivity index is 2.67. The van der Waals surface area contributed by atoms with Gasteiger partial charge in [-0.25, -0.2) is 0 Å². The fraction of sp³-hybridized carbons (Fsp3) is 0.800. The summed E-state index contributed by atoms with van der Waals surface area (Å²) in [6.07, 6.45) is 0.347. The Bertz CT molecular complexity index is 294. The Morgan fingerprint density at radius 2 is 2.12 bits per heavy atom. The van der Waals surface area contributed by atoms with Crippen LogP contribution in [0.25, 0.3) is 0 Å². The Labute approximate surface area is 92.2 Å². The topological polar surface area (TPSA) is 57.6 Å². The van der Waals surface area contributed by atoms with Gasteiger partial charge in [-0.1, -0.05) is 6.92 Å². The second-order valence-electron chi connectivity index (χ2n) is 3.99. The van der Waals surface area contributed by atoms with Crippen LogP contribution >= 0.6 is 0 Å². The van der Waals surface area contributed by atoms with E-state index < -0.39 is 30.1 Å². The molecule has 1 aliphatic rings. The normalized spacial score (nSPS) is 21.9. The summed E-state index contributed by atoms with van der Waals surface area (Å²) in [6.45, 7) is 1.35. The number of carbonyl (C=O) groups excluding carboxylic acids is 1. The summed E-state index contributed by atoms with van der Waals surface area (Å²) >= 11 is 0. The zero-order valence-corrected chi connectivity index (χ0v) is 9.08. The molecule has 1 heterocycles. The van der Waals surface area contributed by atoms with Crippen molar-refractivity contribution in [2.24, 2.45) is 5.92 Å². The molecule has 1 amide bonds. The van der Waals surface area contributed by atoms with Gasteiger partial charge in [0, 0.05) is 19.5 Å². The van der Waals surface area contributed by atoms with Crippen molar-refractivity contribution in [2.45, 2.75) is 32.1 Å². The van der Waals surface area contributed by atoms with Crippen molar-refractivity contribution >= 4 is 11.9 Å². The number of hydrogen-bond donors (Lipinski definition) is 1. The number of piperidine rings is 1. The first-order valence-electron chi connectivity index (χ1n) is 5.28. The number of rotatable bonds is 3. The number of nitrogens with zero attached hydrogens (tertiary/aromatic N) is 1. The fourth-order valence-electron chi connectivity index (χ4n) is 1.75. The van der Waals surface area contributed by atoms with Gasteiger partial charge in [0.25, 0.3) is 5.91 Å². The van der Waals surface area contributed by atoms with Crippen molar-refractivity contribution in [2.75, 3.05) is 13.1 Å². The molecule has 92 valence electrons. The fourth-order valence-corrected chi connectivity index (χ4v) is 1.75. The molecular weight excluding hydrogens is 220 g/mol. The first-order valence-corrected chi connectivity index (χ1v) is 5.28. The highest BCUT2D eigenvalue weighted by molar-refractivity contribution is 5.84. The van der Waals surface area contributed by atoms with Crippen LogP contribution in [0.4, 0.5) is 8.78 Å². The number of aliphatic carboxylic acids is 1. The van der Waals surface area contributed by atoms with Gasteiger partial charge >= 0.3 is 11.9 Å². The molecule has 4 nitrogen and oxygen atoms in total. The van der Waals surface area contributed by atoms with Crippen molar-refractivity contribution in [1.29, 1.82) is 0 Å². The molecule has 0 saturated carbocycles. The molecule has 1 unspecified atom stereocenters. The molecule has 0 bridgehead atoms. The van der Waals surface area contributed by atoms with Gasteiger partial charge in [-0.3, -0.25) is 9.59 Å². The summed E-state index contributed by atoms with van der Waals surface area (Å²) in [7, 11) is 0. The van der Waals surface area contributed by atoms with Crippen molar-refractivity contribution in [3.8, 4) is 0 Å². The maximum Gasteiger partial charge on any atom is 0.324 e. The number of likely N-dealkylation sites (tertiary alicyclic amines) is 1. The molecule has 1 aliphatic heterocycles. The number of carboxylic acids is 1. The van der Waals surface area contributed by atoms with Crippen LogP contribution in [0, 0.1) is 5.92 Å². The average molecular weight is 235 g/mol. The van der Waals surface area contributed by atoms with E-state index >= 15 is 0 Å². The van der Waals surface area contributed by atoms with E-state index in [0.717, 1.165) is 4.90 Å². The molecular formula is C10H15F2NO3. The lowest BCUT2D eigenvalue weighted by Gasteiger charge is -2.32. The summed E-state index contributed by atoms with van der Waals surface area (Å²) < 4.78 is 26.2. The van der Waals surface area contributed by atoms with Gasteiger partial charge in [-0.15, -0.1) is 0 Å². The Morgan fingerprint density at radius 1 is 1.50 bits per heavy atom. The van der Waals surface area contributed by atoms with E-state index in [2.05, 4.69) is 0 Å². The third-order valence-corrected chi connectivity index (χ3v) is 2.81. The van der Waals surface area contributed by atoms with E-state index in [4.69, 9.17) is 5.11 Å².